The molecule has 2 aromatic rings. The quantitative estimate of drug-likeness (QED) is 0.405. The van der Waals surface area contributed by atoms with E-state index in [1.807, 2.05) is 0 Å². The normalized spacial score (nSPS) is 25.2. The molecule has 0 N–H and O–H groups in total. The Kier molecular flexibility index (Phi) is 6.77. The van der Waals surface area contributed by atoms with Crippen LogP contribution in [0.2, 0.25) is 9.36 Å². The molecule has 2 aliphatic carbocycles. The van der Waals surface area contributed by atoms with E-state index in [4.69, 9.17) is 0 Å². The Morgan fingerprint density at radius 2 is 1.12 bits per heavy atom. The van der Waals surface area contributed by atoms with Gasteiger partial charge in [-0.1, -0.05) is 0 Å². The summed E-state index contributed by atoms with van der Waals surface area (Å²) in [5.41, 5.74) is 13.6. The fourth-order valence-electron chi connectivity index (χ4n) is 8.68. The molecule has 0 nitrogen and oxygen atoms in total. The molecule has 34 heavy (non-hydrogen) atoms. The molecule has 5 rings (SSSR count). The van der Waals surface area contributed by atoms with Gasteiger partial charge in [0.2, 0.25) is 0 Å². The maximum absolute atomic E-state index is 3.44. The Morgan fingerprint density at radius 3 is 1.50 bits per heavy atom. The molecule has 2 aromatic carbocycles. The zero-order valence-electron chi connectivity index (χ0n) is 22.8. The standard InChI is InChI=1S/2C13H15.2CH3.Hf.H8Si5/c2*1-9(2)12-6-4-5-11-7-10(3)8-13(11)12;;;;1-2-4-5-3-1/h2*4-9H,1-3H3;2*1H3;;1-4H2. The molecule has 1 heterocycles. The Bertz CT molecular complexity index is 1210. The van der Waals surface area contributed by atoms with Gasteiger partial charge in [0, 0.05) is 0 Å². The second-order valence-corrected chi connectivity index (χ2v) is 112. The van der Waals surface area contributed by atoms with Crippen LogP contribution in [0.3, 0.4) is 0 Å². The zero-order valence-corrected chi connectivity index (χ0v) is 33.0. The first-order chi connectivity index (χ1) is 16.0. The summed E-state index contributed by atoms with van der Waals surface area (Å²) in [4.78, 5) is 0. The molecular weight excluding hydrogens is 655 g/mol. The van der Waals surface area contributed by atoms with Gasteiger partial charge in [-0.15, -0.1) is 0 Å². The van der Waals surface area contributed by atoms with Gasteiger partial charge >= 0.3 is 219 Å². The van der Waals surface area contributed by atoms with E-state index in [1.54, 1.807) is 44.5 Å². The van der Waals surface area contributed by atoms with Crippen LogP contribution >= 0.6 is 0 Å². The average Bonchev–Trinajstić information content (AvgIpc) is 3.49. The molecule has 1 fully saturated rings. The molecule has 0 saturated carbocycles. The molecule has 0 amide bonds. The summed E-state index contributed by atoms with van der Waals surface area (Å²) < 4.78 is 7.79. The SMILES string of the molecule is CC1=Cc2c(C(C)C)cccc2[CH]1[Hf]([CH3])([CH3])([CH]1C(C)=Cc2c(C(C)C)cccc21)=[Si]1[SiH2][SiH2][SiH2][SiH2]1. The van der Waals surface area contributed by atoms with Gasteiger partial charge in [-0.2, -0.15) is 0 Å². The predicted molar refractivity (Wildman–Crippen MR) is 166 cm³/mol. The summed E-state index contributed by atoms with van der Waals surface area (Å²) in [6.07, 6.45) is 5.35. The summed E-state index contributed by atoms with van der Waals surface area (Å²) in [7, 11) is 1.68. The number of fused-ring (bicyclic) bond motifs is 2. The van der Waals surface area contributed by atoms with Gasteiger partial charge in [0.1, 0.15) is 0 Å². The van der Waals surface area contributed by atoms with Gasteiger partial charge in [-0.05, 0) is 0 Å². The third-order valence-corrected chi connectivity index (χ3v) is 246. The van der Waals surface area contributed by atoms with Crippen LogP contribution in [0.25, 0.3) is 12.2 Å². The zero-order chi connectivity index (χ0) is 24.4. The monoisotopic (exact) mass is 700 g/mol. The maximum atomic E-state index is 3.07. The Morgan fingerprint density at radius 1 is 0.706 bits per heavy atom. The molecule has 1 aliphatic heterocycles. The van der Waals surface area contributed by atoms with Crippen LogP contribution in [0.4, 0.5) is 0 Å². The van der Waals surface area contributed by atoms with E-state index in [2.05, 4.69) is 99.5 Å². The molecule has 0 spiro atoms. The van der Waals surface area contributed by atoms with Crippen LogP contribution in [0, 0.1) is 0 Å². The number of hydrogen-bond acceptors (Lipinski definition) is 0. The van der Waals surface area contributed by atoms with Crippen molar-refractivity contribution in [1.82, 2.24) is 0 Å². The van der Waals surface area contributed by atoms with Crippen molar-refractivity contribution in [3.05, 3.63) is 80.9 Å². The predicted octanol–water partition coefficient (Wildman–Crippen LogP) is 4.75. The second-order valence-electron chi connectivity index (χ2n) is 13.1. The topological polar surface area (TPSA) is 0 Å². The van der Waals surface area contributed by atoms with E-state index in [0.717, 1.165) is 7.35 Å². The van der Waals surface area contributed by atoms with E-state index < -0.39 is 17.1 Å². The van der Waals surface area contributed by atoms with Crippen LogP contribution in [-0.4, -0.2) is 38.7 Å². The molecule has 2 atom stereocenters. The summed E-state index contributed by atoms with van der Waals surface area (Å²) >= 11 is -3.44. The molecular formula is C28H44HfSi5. The first kappa shape index (κ1) is 25.5. The van der Waals surface area contributed by atoms with Crippen LogP contribution in [0.5, 0.6) is 0 Å². The average molecular weight is 700 g/mol. The van der Waals surface area contributed by atoms with E-state index in [0.29, 0.717) is 46.1 Å². The van der Waals surface area contributed by atoms with Crippen LogP contribution < -0.4 is 0 Å². The molecule has 0 radical (unpaired) electrons. The minimum atomic E-state index is -3.44. The molecule has 180 valence electrons. The van der Waals surface area contributed by atoms with Gasteiger partial charge in [0.15, 0.2) is 0 Å². The van der Waals surface area contributed by atoms with Gasteiger partial charge in [0.05, 0.1) is 0 Å². The molecule has 6 heteroatoms. The van der Waals surface area contributed by atoms with Gasteiger partial charge in [-0.3, -0.25) is 0 Å². The fourth-order valence-corrected chi connectivity index (χ4v) is 507. The van der Waals surface area contributed by atoms with Gasteiger partial charge in [-0.25, -0.2) is 0 Å². The number of rotatable bonds is 4. The second kappa shape index (κ2) is 9.01. The van der Waals surface area contributed by atoms with E-state index >= 15 is 0 Å². The summed E-state index contributed by atoms with van der Waals surface area (Å²) in [5, 5.41) is 0. The van der Waals surface area contributed by atoms with Crippen molar-refractivity contribution in [1.29, 1.82) is 0 Å². The van der Waals surface area contributed by atoms with E-state index in [1.165, 1.54) is 0 Å². The van der Waals surface area contributed by atoms with Crippen molar-refractivity contribution in [2.24, 2.45) is 0 Å². The first-order valence-electron chi connectivity index (χ1n) is 13.7. The van der Waals surface area contributed by atoms with Gasteiger partial charge in [0.25, 0.3) is 0 Å². The Labute approximate surface area is 217 Å². The minimum absolute atomic E-state index is 0.0119. The summed E-state index contributed by atoms with van der Waals surface area (Å²) in [6, 6.07) is 14.8. The first-order valence-corrected chi connectivity index (χ1v) is 48.6. The van der Waals surface area contributed by atoms with Crippen molar-refractivity contribution < 1.29 is 17.1 Å². The van der Waals surface area contributed by atoms with Crippen LogP contribution in [0.1, 0.15) is 94.1 Å². The van der Waals surface area contributed by atoms with Gasteiger partial charge < -0.3 is 0 Å². The Balaban J connectivity index is 1.83. The van der Waals surface area contributed by atoms with Crippen molar-refractivity contribution in [3.8, 4) is 0 Å². The van der Waals surface area contributed by atoms with E-state index in [-0.39, 0.29) is 4.53 Å². The molecule has 3 aliphatic rings. The van der Waals surface area contributed by atoms with Crippen molar-refractivity contribution in [2.45, 2.75) is 70.1 Å². The molecule has 2 unspecified atom stereocenters. The number of allylic oxidation sites excluding steroid dienone is 2. The fraction of sp³-hybridized carbons (Fsp3) is 0.429. The van der Waals surface area contributed by atoms with Crippen LogP contribution in [0.15, 0.2) is 47.5 Å². The number of hydrogen-bond donors (Lipinski definition) is 0. The number of benzene rings is 2. The molecule has 0 bridgehead atoms. The molecule has 1 saturated heterocycles. The Hall–Kier alpha value is -0.125. The van der Waals surface area contributed by atoms with Crippen molar-refractivity contribution in [2.75, 3.05) is 0 Å². The third kappa shape index (κ3) is 3.68. The third-order valence-electron chi connectivity index (χ3n) is 9.97. The summed E-state index contributed by atoms with van der Waals surface area (Å²) in [5.74, 6) is 1.22. The van der Waals surface area contributed by atoms with Crippen LogP contribution in [-0.2, 0) is 17.1 Å². The van der Waals surface area contributed by atoms with E-state index in [9.17, 15) is 0 Å². The van der Waals surface area contributed by atoms with Crippen molar-refractivity contribution in [3.63, 3.8) is 0 Å². The van der Waals surface area contributed by atoms with Crippen molar-refractivity contribution >= 4 is 50.9 Å². The summed E-state index contributed by atoms with van der Waals surface area (Å²) in [6.45, 7) is 14.7. The molecule has 0 aromatic heterocycles.